The number of para-hydroxylation sites is 2. The van der Waals surface area contributed by atoms with Crippen LogP contribution in [0.3, 0.4) is 0 Å². The van der Waals surface area contributed by atoms with Crippen LogP contribution in [0.5, 0.6) is 0 Å². The van der Waals surface area contributed by atoms with Crippen molar-refractivity contribution in [3.05, 3.63) is 30.2 Å². The highest BCUT2D eigenvalue weighted by Gasteiger charge is 2.12. The maximum atomic E-state index is 11.8. The Bertz CT molecular complexity index is 752. The van der Waals surface area contributed by atoms with Gasteiger partial charge in [-0.3, -0.25) is 10.1 Å². The van der Waals surface area contributed by atoms with Gasteiger partial charge in [0.25, 0.3) is 5.22 Å². The lowest BCUT2D eigenvalue weighted by molar-refractivity contribution is -0.113. The fourth-order valence-corrected chi connectivity index (χ4v) is 2.32. The molecule has 2 aromatic heterocycles. The normalized spacial score (nSPS) is 11.0. The number of hydrogen-bond acceptors (Lipinski definition) is 8. The van der Waals surface area contributed by atoms with Gasteiger partial charge in [0, 0.05) is 7.11 Å². The lowest BCUT2D eigenvalue weighted by Crippen LogP contribution is -2.14. The standard InChI is InChI=1S/C13H12N4O4S/c1-19-6-11-16-17-12(21-11)15-10(18)7-22-13-14-8-4-2-3-5-9(8)20-13/h2-5H,6-7H2,1H3,(H,15,17,18). The summed E-state index contributed by atoms with van der Waals surface area (Å²) >= 11 is 1.19. The number of benzene rings is 1. The molecule has 114 valence electrons. The van der Waals surface area contributed by atoms with Gasteiger partial charge in [-0.2, -0.15) is 0 Å². The Hall–Kier alpha value is -2.39. The second-order valence-corrected chi connectivity index (χ2v) is 5.14. The van der Waals surface area contributed by atoms with E-state index in [1.54, 1.807) is 0 Å². The van der Waals surface area contributed by atoms with Crippen LogP contribution in [-0.4, -0.2) is 34.0 Å². The first-order valence-electron chi connectivity index (χ1n) is 6.34. The second-order valence-electron chi connectivity index (χ2n) is 4.22. The lowest BCUT2D eigenvalue weighted by atomic mass is 10.3. The van der Waals surface area contributed by atoms with Crippen LogP contribution in [0.25, 0.3) is 11.1 Å². The summed E-state index contributed by atoms with van der Waals surface area (Å²) in [7, 11) is 1.51. The Kier molecular flexibility index (Phi) is 4.35. The molecule has 0 aliphatic carbocycles. The summed E-state index contributed by atoms with van der Waals surface area (Å²) < 4.78 is 15.5. The minimum Gasteiger partial charge on any atom is -0.431 e. The molecular weight excluding hydrogens is 308 g/mol. The Labute approximate surface area is 129 Å². The molecule has 9 heteroatoms. The molecule has 0 saturated carbocycles. The molecule has 3 rings (SSSR count). The fourth-order valence-electron chi connectivity index (χ4n) is 1.68. The number of thioether (sulfide) groups is 1. The van der Waals surface area contributed by atoms with Gasteiger partial charge in [-0.15, -0.1) is 5.10 Å². The van der Waals surface area contributed by atoms with Crippen molar-refractivity contribution in [2.75, 3.05) is 18.2 Å². The predicted molar refractivity (Wildman–Crippen MR) is 78.4 cm³/mol. The summed E-state index contributed by atoms with van der Waals surface area (Å²) in [6, 6.07) is 7.44. The summed E-state index contributed by atoms with van der Waals surface area (Å²) in [4.78, 5) is 16.1. The number of carbonyl (C=O) groups is 1. The van der Waals surface area contributed by atoms with Crippen LogP contribution >= 0.6 is 11.8 Å². The molecule has 0 spiro atoms. The highest BCUT2D eigenvalue weighted by molar-refractivity contribution is 7.99. The van der Waals surface area contributed by atoms with E-state index in [-0.39, 0.29) is 24.3 Å². The molecule has 0 unspecified atom stereocenters. The molecule has 0 atom stereocenters. The number of ether oxygens (including phenoxy) is 1. The number of rotatable bonds is 6. The molecule has 8 nitrogen and oxygen atoms in total. The van der Waals surface area contributed by atoms with Crippen LogP contribution in [0.4, 0.5) is 6.01 Å². The number of carbonyl (C=O) groups excluding carboxylic acids is 1. The molecular formula is C13H12N4O4S. The van der Waals surface area contributed by atoms with Crippen LogP contribution in [0.1, 0.15) is 5.89 Å². The van der Waals surface area contributed by atoms with E-state index < -0.39 is 0 Å². The van der Waals surface area contributed by atoms with E-state index >= 15 is 0 Å². The topological polar surface area (TPSA) is 103 Å². The zero-order valence-corrected chi connectivity index (χ0v) is 12.4. The van der Waals surface area contributed by atoms with Gasteiger partial charge in [0.15, 0.2) is 5.58 Å². The largest absolute Gasteiger partial charge is 0.431 e. The monoisotopic (exact) mass is 320 g/mol. The molecule has 0 fully saturated rings. The van der Waals surface area contributed by atoms with Crippen molar-refractivity contribution in [3.63, 3.8) is 0 Å². The Morgan fingerprint density at radius 2 is 2.18 bits per heavy atom. The molecule has 0 aliphatic heterocycles. The van der Waals surface area contributed by atoms with Gasteiger partial charge < -0.3 is 13.6 Å². The van der Waals surface area contributed by atoms with E-state index in [1.165, 1.54) is 18.9 Å². The zero-order chi connectivity index (χ0) is 15.4. The van der Waals surface area contributed by atoms with Gasteiger partial charge in [0.1, 0.15) is 12.1 Å². The first-order valence-corrected chi connectivity index (χ1v) is 7.32. The van der Waals surface area contributed by atoms with E-state index in [2.05, 4.69) is 20.5 Å². The third-order valence-corrected chi connectivity index (χ3v) is 3.41. The number of nitrogens with zero attached hydrogens (tertiary/aromatic N) is 3. The number of amides is 1. The smallest absolute Gasteiger partial charge is 0.322 e. The number of aromatic nitrogens is 3. The molecule has 2 heterocycles. The molecule has 0 bridgehead atoms. The van der Waals surface area contributed by atoms with E-state index in [0.717, 1.165) is 5.52 Å². The minimum absolute atomic E-state index is 0.0372. The second kappa shape index (κ2) is 6.58. The van der Waals surface area contributed by atoms with Gasteiger partial charge in [-0.25, -0.2) is 4.98 Å². The van der Waals surface area contributed by atoms with E-state index in [4.69, 9.17) is 13.6 Å². The van der Waals surface area contributed by atoms with E-state index in [1.807, 2.05) is 24.3 Å². The molecule has 1 amide bonds. The first kappa shape index (κ1) is 14.5. The average molecular weight is 320 g/mol. The van der Waals surface area contributed by atoms with E-state index in [9.17, 15) is 4.79 Å². The van der Waals surface area contributed by atoms with Gasteiger partial charge in [-0.1, -0.05) is 29.0 Å². The van der Waals surface area contributed by atoms with Crippen LogP contribution in [-0.2, 0) is 16.1 Å². The van der Waals surface area contributed by atoms with Crippen molar-refractivity contribution >= 4 is 34.8 Å². The van der Waals surface area contributed by atoms with Crippen LogP contribution in [0.2, 0.25) is 0 Å². The van der Waals surface area contributed by atoms with Crippen molar-refractivity contribution in [3.8, 4) is 0 Å². The van der Waals surface area contributed by atoms with Crippen molar-refractivity contribution in [2.24, 2.45) is 0 Å². The molecule has 0 saturated heterocycles. The zero-order valence-electron chi connectivity index (χ0n) is 11.6. The van der Waals surface area contributed by atoms with Crippen LogP contribution < -0.4 is 5.32 Å². The maximum Gasteiger partial charge on any atom is 0.322 e. The van der Waals surface area contributed by atoms with Gasteiger partial charge >= 0.3 is 6.01 Å². The maximum absolute atomic E-state index is 11.8. The highest BCUT2D eigenvalue weighted by atomic mass is 32.2. The van der Waals surface area contributed by atoms with Gasteiger partial charge in [0.05, 0.1) is 5.75 Å². The number of methoxy groups -OCH3 is 1. The fraction of sp³-hybridized carbons (Fsp3) is 0.231. The van der Waals surface area contributed by atoms with Crippen molar-refractivity contribution < 1.29 is 18.4 Å². The van der Waals surface area contributed by atoms with Gasteiger partial charge in [0.2, 0.25) is 11.8 Å². The number of hydrogen-bond donors (Lipinski definition) is 1. The summed E-state index contributed by atoms with van der Waals surface area (Å²) in [5.74, 6) is 0.124. The Balaban J connectivity index is 1.55. The predicted octanol–water partition coefficient (Wildman–Crippen LogP) is 2.09. The molecule has 1 aromatic carbocycles. The molecule has 1 N–H and O–H groups in total. The minimum atomic E-state index is -0.292. The Morgan fingerprint density at radius 3 is 3.00 bits per heavy atom. The van der Waals surface area contributed by atoms with Crippen molar-refractivity contribution in [1.29, 1.82) is 0 Å². The highest BCUT2D eigenvalue weighted by Crippen LogP contribution is 2.23. The summed E-state index contributed by atoms with van der Waals surface area (Å²) in [5.41, 5.74) is 1.44. The summed E-state index contributed by atoms with van der Waals surface area (Å²) in [5, 5.41) is 10.3. The van der Waals surface area contributed by atoms with Crippen LogP contribution in [0, 0.1) is 0 Å². The van der Waals surface area contributed by atoms with Crippen molar-refractivity contribution in [2.45, 2.75) is 11.8 Å². The third-order valence-electron chi connectivity index (χ3n) is 2.58. The molecule has 22 heavy (non-hydrogen) atoms. The third kappa shape index (κ3) is 3.43. The average Bonchev–Trinajstić information content (AvgIpc) is 3.12. The van der Waals surface area contributed by atoms with Gasteiger partial charge in [-0.05, 0) is 12.1 Å². The number of oxazole rings is 1. The molecule has 0 aliphatic rings. The Morgan fingerprint density at radius 1 is 1.32 bits per heavy atom. The molecule has 3 aromatic rings. The number of fused-ring (bicyclic) bond motifs is 1. The van der Waals surface area contributed by atoms with E-state index in [0.29, 0.717) is 16.7 Å². The van der Waals surface area contributed by atoms with Crippen LogP contribution in [0.15, 0.2) is 38.3 Å². The number of anilines is 1. The first-order chi connectivity index (χ1) is 10.7. The molecule has 0 radical (unpaired) electrons. The summed E-state index contributed by atoms with van der Waals surface area (Å²) in [6.45, 7) is 0.195. The van der Waals surface area contributed by atoms with Crippen molar-refractivity contribution in [1.82, 2.24) is 15.2 Å². The SMILES string of the molecule is COCc1nnc(NC(=O)CSc2nc3ccccc3o2)o1. The lowest BCUT2D eigenvalue weighted by Gasteiger charge is -1.97. The summed E-state index contributed by atoms with van der Waals surface area (Å²) in [6.07, 6.45) is 0. The number of nitrogens with one attached hydrogen (secondary N) is 1. The quantitative estimate of drug-likeness (QED) is 0.689.